The topological polar surface area (TPSA) is 54.2 Å². The van der Waals surface area contributed by atoms with E-state index in [1.807, 2.05) is 18.8 Å². The van der Waals surface area contributed by atoms with Crippen LogP contribution in [-0.2, 0) is 19.0 Å². The van der Waals surface area contributed by atoms with Gasteiger partial charge in [0, 0.05) is 43.9 Å². The predicted molar refractivity (Wildman–Crippen MR) is 125 cm³/mol. The van der Waals surface area contributed by atoms with E-state index in [1.54, 1.807) is 0 Å². The van der Waals surface area contributed by atoms with Gasteiger partial charge in [0.05, 0.1) is 5.69 Å². The van der Waals surface area contributed by atoms with Crippen LogP contribution in [0, 0.1) is 13.8 Å². The first-order valence-electron chi connectivity index (χ1n) is 9.46. The number of nitrogens with one attached hydrogen (secondary N) is 2. The lowest BCUT2D eigenvalue weighted by Gasteiger charge is -2.33. The molecule has 0 atom stereocenters. The Hall–Kier alpha value is -1.57. The number of aliphatic imine (C=N–C) groups is 1. The fourth-order valence-electron chi connectivity index (χ4n) is 3.52. The van der Waals surface area contributed by atoms with E-state index in [9.17, 15) is 0 Å². The molecule has 0 aliphatic heterocycles. The summed E-state index contributed by atoms with van der Waals surface area (Å²) >= 11 is 0. The summed E-state index contributed by atoms with van der Waals surface area (Å²) in [5, 5.41) is 11.5. The van der Waals surface area contributed by atoms with Crippen LogP contribution in [0.15, 0.2) is 35.3 Å². The summed E-state index contributed by atoms with van der Waals surface area (Å²) in [6, 6.07) is 10.8. The van der Waals surface area contributed by atoms with Crippen molar-refractivity contribution < 1.29 is 0 Å². The van der Waals surface area contributed by atoms with Crippen molar-refractivity contribution in [2.24, 2.45) is 12.0 Å². The Labute approximate surface area is 181 Å². The minimum Gasteiger partial charge on any atom is -0.356 e. The molecule has 0 amide bonds. The summed E-state index contributed by atoms with van der Waals surface area (Å²) in [5.41, 5.74) is 4.97. The average molecular weight is 483 g/mol. The van der Waals surface area contributed by atoms with Crippen LogP contribution in [-0.4, -0.2) is 29.3 Å². The van der Waals surface area contributed by atoms with Crippen molar-refractivity contribution in [1.82, 2.24) is 20.4 Å². The van der Waals surface area contributed by atoms with Gasteiger partial charge < -0.3 is 10.6 Å². The standard InChI is InChI=1S/C21H33N5.HI/c1-7-21(8-2,18-12-10-9-11-13-18)15-24-20(22-5)23-14-19-16(3)25-26(6)17(19)4;/h9-13H,7-8,14-15H2,1-6H3,(H2,22,23,24);1H. The van der Waals surface area contributed by atoms with Gasteiger partial charge in [0.25, 0.3) is 0 Å². The van der Waals surface area contributed by atoms with Gasteiger partial charge in [-0.15, -0.1) is 24.0 Å². The van der Waals surface area contributed by atoms with E-state index in [4.69, 9.17) is 0 Å². The molecule has 2 N–H and O–H groups in total. The lowest BCUT2D eigenvalue weighted by atomic mass is 9.76. The molecule has 0 bridgehead atoms. The highest BCUT2D eigenvalue weighted by Crippen LogP contribution is 2.30. The summed E-state index contributed by atoms with van der Waals surface area (Å²) in [7, 11) is 3.80. The molecule has 0 fully saturated rings. The van der Waals surface area contributed by atoms with E-state index in [-0.39, 0.29) is 29.4 Å². The molecule has 27 heavy (non-hydrogen) atoms. The van der Waals surface area contributed by atoms with Gasteiger partial charge in [-0.05, 0) is 32.3 Å². The predicted octanol–water partition coefficient (Wildman–Crippen LogP) is 4.08. The van der Waals surface area contributed by atoms with Crippen molar-refractivity contribution in [1.29, 1.82) is 0 Å². The van der Waals surface area contributed by atoms with Gasteiger partial charge >= 0.3 is 0 Å². The minimum atomic E-state index is 0. The van der Waals surface area contributed by atoms with E-state index in [0.717, 1.165) is 37.6 Å². The normalized spacial score (nSPS) is 11.9. The first-order chi connectivity index (χ1) is 12.5. The van der Waals surface area contributed by atoms with Crippen molar-refractivity contribution in [3.05, 3.63) is 52.8 Å². The summed E-state index contributed by atoms with van der Waals surface area (Å²) < 4.78 is 1.93. The van der Waals surface area contributed by atoms with Crippen LogP contribution >= 0.6 is 24.0 Å². The highest BCUT2D eigenvalue weighted by Gasteiger charge is 2.28. The lowest BCUT2D eigenvalue weighted by Crippen LogP contribution is -2.45. The van der Waals surface area contributed by atoms with Crippen LogP contribution in [0.2, 0.25) is 0 Å². The van der Waals surface area contributed by atoms with Crippen molar-refractivity contribution in [2.45, 2.75) is 52.5 Å². The number of guanidine groups is 1. The summed E-state index contributed by atoms with van der Waals surface area (Å²) in [5.74, 6) is 0.829. The van der Waals surface area contributed by atoms with Crippen LogP contribution in [0.25, 0.3) is 0 Å². The zero-order valence-corrected chi connectivity index (χ0v) is 19.8. The third-order valence-electron chi connectivity index (χ3n) is 5.65. The summed E-state index contributed by atoms with van der Waals surface area (Å²) in [6.45, 7) is 10.3. The molecule has 2 aromatic rings. The number of hydrogen-bond acceptors (Lipinski definition) is 2. The Kier molecular flexibility index (Phi) is 9.29. The maximum atomic E-state index is 4.48. The molecule has 0 radical (unpaired) electrons. The van der Waals surface area contributed by atoms with E-state index in [1.165, 1.54) is 16.8 Å². The number of aryl methyl sites for hydroxylation is 2. The molecule has 0 aliphatic rings. The maximum absolute atomic E-state index is 4.48. The zero-order chi connectivity index (χ0) is 19.2. The third-order valence-corrected chi connectivity index (χ3v) is 5.65. The van der Waals surface area contributed by atoms with Crippen LogP contribution in [0.5, 0.6) is 0 Å². The van der Waals surface area contributed by atoms with Crippen molar-refractivity contribution in [2.75, 3.05) is 13.6 Å². The number of benzene rings is 1. The minimum absolute atomic E-state index is 0. The molecule has 1 aromatic heterocycles. The largest absolute Gasteiger partial charge is 0.356 e. The zero-order valence-electron chi connectivity index (χ0n) is 17.5. The van der Waals surface area contributed by atoms with Crippen molar-refractivity contribution >= 4 is 29.9 Å². The van der Waals surface area contributed by atoms with E-state index in [2.05, 4.69) is 78.8 Å². The second-order valence-electron chi connectivity index (χ2n) is 6.91. The average Bonchev–Trinajstić information content (AvgIpc) is 2.91. The third kappa shape index (κ3) is 5.46. The molecule has 5 nitrogen and oxygen atoms in total. The first kappa shape index (κ1) is 23.5. The fraction of sp³-hybridized carbons (Fsp3) is 0.524. The highest BCUT2D eigenvalue weighted by molar-refractivity contribution is 14.0. The Balaban J connectivity index is 0.00000364. The smallest absolute Gasteiger partial charge is 0.191 e. The summed E-state index contributed by atoms with van der Waals surface area (Å²) in [4.78, 5) is 4.40. The number of nitrogens with zero attached hydrogens (tertiary/aromatic N) is 3. The number of rotatable bonds is 7. The highest BCUT2D eigenvalue weighted by atomic mass is 127. The van der Waals surface area contributed by atoms with Crippen molar-refractivity contribution in [3.8, 4) is 0 Å². The maximum Gasteiger partial charge on any atom is 0.191 e. The monoisotopic (exact) mass is 483 g/mol. The molecular weight excluding hydrogens is 449 g/mol. The molecule has 150 valence electrons. The SMILES string of the molecule is CCC(CC)(CNC(=NC)NCc1c(C)nn(C)c1C)c1ccccc1.I. The molecule has 0 spiro atoms. The van der Waals surface area contributed by atoms with E-state index in [0.29, 0.717) is 0 Å². The molecular formula is C21H34IN5. The van der Waals surface area contributed by atoms with Crippen LogP contribution in [0.4, 0.5) is 0 Å². The fourth-order valence-corrected chi connectivity index (χ4v) is 3.52. The van der Waals surface area contributed by atoms with Gasteiger partial charge in [0.15, 0.2) is 5.96 Å². The Bertz CT molecular complexity index is 733. The van der Waals surface area contributed by atoms with Crippen LogP contribution in [0.3, 0.4) is 0 Å². The molecule has 2 rings (SSSR count). The Morgan fingerprint density at radius 2 is 1.74 bits per heavy atom. The molecule has 0 saturated heterocycles. The van der Waals surface area contributed by atoms with Gasteiger partial charge in [-0.2, -0.15) is 5.10 Å². The number of hydrogen-bond donors (Lipinski definition) is 2. The van der Waals surface area contributed by atoms with Gasteiger partial charge in [-0.3, -0.25) is 9.67 Å². The van der Waals surface area contributed by atoms with E-state index < -0.39 is 0 Å². The molecule has 1 heterocycles. The molecule has 1 aromatic carbocycles. The second-order valence-corrected chi connectivity index (χ2v) is 6.91. The van der Waals surface area contributed by atoms with Crippen LogP contribution < -0.4 is 10.6 Å². The van der Waals surface area contributed by atoms with Gasteiger partial charge in [-0.1, -0.05) is 44.2 Å². The first-order valence-corrected chi connectivity index (χ1v) is 9.46. The molecule has 0 aliphatic carbocycles. The van der Waals surface area contributed by atoms with Gasteiger partial charge in [0.1, 0.15) is 0 Å². The second kappa shape index (κ2) is 10.7. The Morgan fingerprint density at radius 1 is 1.11 bits per heavy atom. The van der Waals surface area contributed by atoms with Crippen molar-refractivity contribution in [3.63, 3.8) is 0 Å². The van der Waals surface area contributed by atoms with Crippen LogP contribution in [0.1, 0.15) is 49.2 Å². The quantitative estimate of drug-likeness (QED) is 0.355. The van der Waals surface area contributed by atoms with Gasteiger partial charge in [0.2, 0.25) is 0 Å². The van der Waals surface area contributed by atoms with E-state index >= 15 is 0 Å². The molecule has 6 heteroatoms. The number of halogens is 1. The molecule has 0 unspecified atom stereocenters. The Morgan fingerprint density at radius 3 is 2.22 bits per heavy atom. The number of aromatic nitrogens is 2. The molecule has 0 saturated carbocycles. The summed E-state index contributed by atoms with van der Waals surface area (Å²) in [6.07, 6.45) is 2.16. The van der Waals surface area contributed by atoms with Gasteiger partial charge in [-0.25, -0.2) is 0 Å². The lowest BCUT2D eigenvalue weighted by molar-refractivity contribution is 0.389.